The second-order valence-corrected chi connectivity index (χ2v) is 4.53. The number of rotatable bonds is 0. The van der Waals surface area contributed by atoms with Crippen LogP contribution in [-0.2, 0) is 4.79 Å². The van der Waals surface area contributed by atoms with Crippen LogP contribution in [0.15, 0.2) is 55.1 Å². The molecule has 0 radical (unpaired) electrons. The van der Waals surface area contributed by atoms with E-state index in [1.165, 1.54) is 0 Å². The average Bonchev–Trinajstić information content (AvgIpc) is 2.45. The molecule has 0 atom stereocenters. The Bertz CT molecular complexity index is 676. The zero-order valence-corrected chi connectivity index (χ0v) is 10.7. The Morgan fingerprint density at radius 1 is 1.00 bits per heavy atom. The van der Waals surface area contributed by atoms with Crippen LogP contribution in [0.5, 0.6) is 0 Å². The van der Waals surface area contributed by atoms with Crippen LogP contribution in [0.25, 0.3) is 5.57 Å². The quantitative estimate of drug-likeness (QED) is 0.727. The lowest BCUT2D eigenvalue weighted by atomic mass is 10.0. The summed E-state index contributed by atoms with van der Waals surface area (Å²) in [6, 6.07) is 15.5. The van der Waals surface area contributed by atoms with E-state index < -0.39 is 0 Å². The van der Waals surface area contributed by atoms with E-state index in [2.05, 4.69) is 16.8 Å². The molecule has 1 aliphatic rings. The molecule has 3 nitrogen and oxygen atoms in total. The van der Waals surface area contributed by atoms with Gasteiger partial charge in [0.1, 0.15) is 0 Å². The summed E-state index contributed by atoms with van der Waals surface area (Å²) < 4.78 is 0. The van der Waals surface area contributed by atoms with Gasteiger partial charge in [-0.25, -0.2) is 0 Å². The van der Waals surface area contributed by atoms with Crippen LogP contribution in [0, 0.1) is 0 Å². The van der Waals surface area contributed by atoms with Gasteiger partial charge in [0.05, 0.1) is 11.4 Å². The van der Waals surface area contributed by atoms with Gasteiger partial charge in [0, 0.05) is 23.9 Å². The van der Waals surface area contributed by atoms with Gasteiger partial charge in [-0.2, -0.15) is 0 Å². The van der Waals surface area contributed by atoms with E-state index in [9.17, 15) is 4.79 Å². The van der Waals surface area contributed by atoms with Gasteiger partial charge in [0.2, 0.25) is 0 Å². The van der Waals surface area contributed by atoms with Crippen molar-refractivity contribution in [3.05, 3.63) is 60.7 Å². The molecule has 0 saturated carbocycles. The van der Waals surface area contributed by atoms with E-state index in [1.807, 2.05) is 55.6 Å². The third-order valence-electron chi connectivity index (χ3n) is 3.38. The maximum Gasteiger partial charge on any atom is 0.255 e. The topological polar surface area (TPSA) is 32.3 Å². The maximum atomic E-state index is 12.2. The molecule has 19 heavy (non-hydrogen) atoms. The smallest absolute Gasteiger partial charge is 0.255 e. The van der Waals surface area contributed by atoms with Crippen molar-refractivity contribution in [2.75, 3.05) is 17.3 Å². The van der Waals surface area contributed by atoms with E-state index in [0.717, 1.165) is 22.6 Å². The van der Waals surface area contributed by atoms with Crippen LogP contribution < -0.4 is 10.2 Å². The SMILES string of the molecule is C=C1C(=O)Nc2ccccc2N(C)c2ccccc21. The molecule has 0 aliphatic carbocycles. The second kappa shape index (κ2) is 4.28. The predicted molar refractivity (Wildman–Crippen MR) is 78.6 cm³/mol. The molecule has 0 aromatic heterocycles. The van der Waals surface area contributed by atoms with E-state index in [4.69, 9.17) is 0 Å². The van der Waals surface area contributed by atoms with E-state index >= 15 is 0 Å². The molecule has 1 aliphatic heterocycles. The molecule has 0 fully saturated rings. The van der Waals surface area contributed by atoms with Crippen LogP contribution >= 0.6 is 0 Å². The first-order chi connectivity index (χ1) is 9.18. The van der Waals surface area contributed by atoms with Gasteiger partial charge in [0.15, 0.2) is 0 Å². The minimum atomic E-state index is -0.159. The molecule has 3 heteroatoms. The van der Waals surface area contributed by atoms with Gasteiger partial charge in [0.25, 0.3) is 5.91 Å². The van der Waals surface area contributed by atoms with E-state index in [0.29, 0.717) is 5.57 Å². The van der Waals surface area contributed by atoms with Gasteiger partial charge in [-0.1, -0.05) is 36.9 Å². The largest absolute Gasteiger partial charge is 0.342 e. The molecule has 0 spiro atoms. The summed E-state index contributed by atoms with van der Waals surface area (Å²) in [7, 11) is 1.99. The summed E-state index contributed by atoms with van der Waals surface area (Å²) in [5, 5.41) is 2.90. The zero-order valence-electron chi connectivity index (χ0n) is 10.7. The highest BCUT2D eigenvalue weighted by Gasteiger charge is 2.21. The Morgan fingerprint density at radius 3 is 2.42 bits per heavy atom. The lowest BCUT2D eigenvalue weighted by Gasteiger charge is -2.28. The van der Waals surface area contributed by atoms with Crippen LogP contribution in [0.3, 0.4) is 0 Å². The monoisotopic (exact) mass is 250 g/mol. The molecule has 1 N–H and O–H groups in total. The van der Waals surface area contributed by atoms with E-state index in [1.54, 1.807) is 0 Å². The number of fused-ring (bicyclic) bond motifs is 2. The number of amides is 1. The van der Waals surface area contributed by atoms with E-state index in [-0.39, 0.29) is 5.91 Å². The van der Waals surface area contributed by atoms with Crippen molar-refractivity contribution in [3.63, 3.8) is 0 Å². The van der Waals surface area contributed by atoms with Gasteiger partial charge in [-0.05, 0) is 18.2 Å². The van der Waals surface area contributed by atoms with Crippen molar-refractivity contribution in [3.8, 4) is 0 Å². The third-order valence-corrected chi connectivity index (χ3v) is 3.38. The van der Waals surface area contributed by atoms with Crippen molar-refractivity contribution >= 4 is 28.5 Å². The number of nitrogens with one attached hydrogen (secondary N) is 1. The maximum absolute atomic E-state index is 12.2. The number of hydrogen-bond acceptors (Lipinski definition) is 2. The summed E-state index contributed by atoms with van der Waals surface area (Å²) in [6.07, 6.45) is 0. The average molecular weight is 250 g/mol. The highest BCUT2D eigenvalue weighted by molar-refractivity contribution is 6.27. The van der Waals surface area contributed by atoms with Crippen molar-refractivity contribution in [1.29, 1.82) is 0 Å². The predicted octanol–water partition coefficient (Wildman–Crippen LogP) is 3.42. The summed E-state index contributed by atoms with van der Waals surface area (Å²) in [4.78, 5) is 14.2. The standard InChI is InChI=1S/C16H14N2O/c1-11-12-7-3-5-9-14(12)18(2)15-10-6-4-8-13(15)17-16(11)19/h3-10H,1H2,2H3,(H,17,19). The highest BCUT2D eigenvalue weighted by Crippen LogP contribution is 2.37. The summed E-state index contributed by atoms with van der Waals surface area (Å²) in [5.41, 5.74) is 4.09. The zero-order chi connectivity index (χ0) is 13.4. The van der Waals surface area contributed by atoms with Crippen LogP contribution in [-0.4, -0.2) is 13.0 Å². The Balaban J connectivity index is 2.27. The molecule has 1 amide bonds. The minimum Gasteiger partial charge on any atom is -0.342 e. The number of benzene rings is 2. The molecule has 94 valence electrons. The Kier molecular flexibility index (Phi) is 2.60. The normalized spacial score (nSPS) is 14.1. The van der Waals surface area contributed by atoms with Gasteiger partial charge < -0.3 is 10.2 Å². The van der Waals surface area contributed by atoms with Crippen molar-refractivity contribution in [1.82, 2.24) is 0 Å². The number of carbonyl (C=O) groups excluding carboxylic acids is 1. The molecule has 0 unspecified atom stereocenters. The lowest BCUT2D eigenvalue weighted by Crippen LogP contribution is -2.22. The molecular formula is C16H14N2O. The summed E-state index contributed by atoms with van der Waals surface area (Å²) in [6.45, 7) is 3.91. The second-order valence-electron chi connectivity index (χ2n) is 4.53. The Labute approximate surface area is 112 Å². The van der Waals surface area contributed by atoms with Crippen LogP contribution in [0.2, 0.25) is 0 Å². The van der Waals surface area contributed by atoms with Crippen molar-refractivity contribution < 1.29 is 4.79 Å². The molecule has 0 bridgehead atoms. The fourth-order valence-corrected chi connectivity index (χ4v) is 2.34. The molecule has 2 aromatic carbocycles. The molecule has 2 aromatic rings. The number of para-hydroxylation sites is 3. The molecular weight excluding hydrogens is 236 g/mol. The molecule has 3 rings (SSSR count). The summed E-state index contributed by atoms with van der Waals surface area (Å²) >= 11 is 0. The van der Waals surface area contributed by atoms with Gasteiger partial charge in [-0.3, -0.25) is 4.79 Å². The van der Waals surface area contributed by atoms with Gasteiger partial charge >= 0.3 is 0 Å². The third kappa shape index (κ3) is 1.80. The van der Waals surface area contributed by atoms with Crippen molar-refractivity contribution in [2.45, 2.75) is 0 Å². The summed E-state index contributed by atoms with van der Waals surface area (Å²) in [5.74, 6) is -0.159. The fourth-order valence-electron chi connectivity index (χ4n) is 2.34. The first kappa shape index (κ1) is 11.5. The van der Waals surface area contributed by atoms with Crippen LogP contribution in [0.4, 0.5) is 17.1 Å². The number of hydrogen-bond donors (Lipinski definition) is 1. The Hall–Kier alpha value is -2.55. The number of anilines is 3. The fraction of sp³-hybridized carbons (Fsp3) is 0.0625. The highest BCUT2D eigenvalue weighted by atomic mass is 16.1. The first-order valence-corrected chi connectivity index (χ1v) is 6.11. The van der Waals surface area contributed by atoms with Crippen molar-refractivity contribution in [2.24, 2.45) is 0 Å². The number of nitrogens with zero attached hydrogens (tertiary/aromatic N) is 1. The number of carbonyl (C=O) groups is 1. The molecule has 1 heterocycles. The van der Waals surface area contributed by atoms with Gasteiger partial charge in [-0.15, -0.1) is 0 Å². The first-order valence-electron chi connectivity index (χ1n) is 6.11. The Morgan fingerprint density at radius 2 is 1.63 bits per heavy atom. The molecule has 0 saturated heterocycles. The minimum absolute atomic E-state index is 0.159. The van der Waals surface area contributed by atoms with Crippen LogP contribution in [0.1, 0.15) is 5.56 Å². The lowest BCUT2D eigenvalue weighted by molar-refractivity contribution is -0.111.